The molecule has 2 N–H and O–H groups in total. The summed E-state index contributed by atoms with van der Waals surface area (Å²) in [6, 6.07) is 5.63. The van der Waals surface area contributed by atoms with Gasteiger partial charge in [-0.15, -0.1) is 0 Å². The molecule has 2 aliphatic rings. The molecule has 1 atom stereocenters. The van der Waals surface area contributed by atoms with Crippen molar-refractivity contribution in [3.8, 4) is 0 Å². The lowest BCUT2D eigenvalue weighted by Gasteiger charge is -2.23. The van der Waals surface area contributed by atoms with E-state index in [1.54, 1.807) is 0 Å². The van der Waals surface area contributed by atoms with E-state index in [1.807, 2.05) is 32.0 Å². The smallest absolute Gasteiger partial charge is 0.256 e. The molecular formula is C19H26N2O3. The third kappa shape index (κ3) is 3.61. The van der Waals surface area contributed by atoms with Gasteiger partial charge in [0.05, 0.1) is 0 Å². The molecule has 1 saturated carbocycles. The van der Waals surface area contributed by atoms with Crippen molar-refractivity contribution in [2.45, 2.75) is 58.0 Å². The average molecular weight is 330 g/mol. The van der Waals surface area contributed by atoms with Crippen molar-refractivity contribution in [3.05, 3.63) is 23.8 Å². The number of anilines is 2. The van der Waals surface area contributed by atoms with Gasteiger partial charge < -0.3 is 15.4 Å². The van der Waals surface area contributed by atoms with E-state index in [0.29, 0.717) is 6.61 Å². The molecule has 2 fully saturated rings. The Morgan fingerprint density at radius 2 is 1.92 bits per heavy atom. The fraction of sp³-hybridized carbons (Fsp3) is 0.579. The van der Waals surface area contributed by atoms with E-state index >= 15 is 0 Å². The van der Waals surface area contributed by atoms with Crippen LogP contribution in [-0.2, 0) is 14.3 Å². The van der Waals surface area contributed by atoms with E-state index in [4.69, 9.17) is 4.74 Å². The van der Waals surface area contributed by atoms with Gasteiger partial charge in [0.2, 0.25) is 5.91 Å². The lowest BCUT2D eigenvalue weighted by atomic mass is 10.0. The van der Waals surface area contributed by atoms with Crippen LogP contribution in [0.3, 0.4) is 0 Å². The fourth-order valence-electron chi connectivity index (χ4n) is 3.48. The Labute approximate surface area is 143 Å². The van der Waals surface area contributed by atoms with Crippen LogP contribution in [0.15, 0.2) is 18.2 Å². The Bertz CT molecular complexity index is 629. The van der Waals surface area contributed by atoms with Crippen molar-refractivity contribution in [1.82, 2.24) is 0 Å². The highest BCUT2D eigenvalue weighted by Gasteiger charge is 2.37. The van der Waals surface area contributed by atoms with Crippen molar-refractivity contribution in [3.63, 3.8) is 0 Å². The Balaban J connectivity index is 1.69. The number of carbonyl (C=O) groups is 2. The molecule has 1 saturated heterocycles. The average Bonchev–Trinajstić information content (AvgIpc) is 3.22. The van der Waals surface area contributed by atoms with Crippen molar-refractivity contribution in [2.24, 2.45) is 5.92 Å². The molecule has 1 aliphatic heterocycles. The van der Waals surface area contributed by atoms with Crippen molar-refractivity contribution in [2.75, 3.05) is 17.2 Å². The van der Waals surface area contributed by atoms with Gasteiger partial charge in [-0.3, -0.25) is 9.59 Å². The third-order valence-electron chi connectivity index (χ3n) is 5.18. The number of benzene rings is 1. The van der Waals surface area contributed by atoms with Crippen molar-refractivity contribution in [1.29, 1.82) is 0 Å². The van der Waals surface area contributed by atoms with Crippen LogP contribution in [0.2, 0.25) is 0 Å². The maximum absolute atomic E-state index is 12.5. The van der Waals surface area contributed by atoms with E-state index in [2.05, 4.69) is 10.6 Å². The van der Waals surface area contributed by atoms with Crippen LogP contribution >= 0.6 is 0 Å². The number of rotatable bonds is 4. The molecule has 1 aliphatic carbocycles. The molecule has 2 amide bonds. The van der Waals surface area contributed by atoms with Crippen LogP contribution in [0, 0.1) is 12.8 Å². The summed E-state index contributed by atoms with van der Waals surface area (Å²) in [6.45, 7) is 4.40. The minimum absolute atomic E-state index is 0.0831. The summed E-state index contributed by atoms with van der Waals surface area (Å²) in [6.07, 6.45) is 5.84. The first-order valence-corrected chi connectivity index (χ1v) is 8.85. The maximum Gasteiger partial charge on any atom is 0.256 e. The van der Waals surface area contributed by atoms with Crippen LogP contribution in [0.25, 0.3) is 0 Å². The number of aryl methyl sites for hydroxylation is 1. The summed E-state index contributed by atoms with van der Waals surface area (Å²) in [5.74, 6) is 0.0808. The van der Waals surface area contributed by atoms with Gasteiger partial charge in [0.15, 0.2) is 0 Å². The standard InChI is InChI=1S/C19H26N2O3/c1-13-8-9-15(20-17(22)14-6-3-4-7-14)12-16(13)21-18(23)19(2)10-5-11-24-19/h8-9,12,14H,3-7,10-11H2,1-2H3,(H,20,22)(H,21,23). The number of hydrogen-bond acceptors (Lipinski definition) is 3. The van der Waals surface area contributed by atoms with E-state index in [1.165, 1.54) is 0 Å². The first-order valence-electron chi connectivity index (χ1n) is 8.85. The fourth-order valence-corrected chi connectivity index (χ4v) is 3.48. The van der Waals surface area contributed by atoms with Gasteiger partial charge in [-0.05, 0) is 57.2 Å². The van der Waals surface area contributed by atoms with E-state index in [9.17, 15) is 9.59 Å². The molecule has 1 aromatic carbocycles. The van der Waals surface area contributed by atoms with Crippen LogP contribution in [0.5, 0.6) is 0 Å². The SMILES string of the molecule is Cc1ccc(NC(=O)C2CCCC2)cc1NC(=O)C1(C)CCCO1. The highest BCUT2D eigenvalue weighted by atomic mass is 16.5. The largest absolute Gasteiger partial charge is 0.365 e. The molecule has 1 aromatic rings. The molecule has 3 rings (SSSR count). The second-order valence-corrected chi connectivity index (χ2v) is 7.14. The molecule has 24 heavy (non-hydrogen) atoms. The second-order valence-electron chi connectivity index (χ2n) is 7.14. The van der Waals surface area contributed by atoms with Gasteiger partial charge in [0.1, 0.15) is 5.60 Å². The second kappa shape index (κ2) is 6.93. The van der Waals surface area contributed by atoms with Gasteiger partial charge in [-0.1, -0.05) is 18.9 Å². The zero-order valence-electron chi connectivity index (χ0n) is 14.5. The summed E-state index contributed by atoms with van der Waals surface area (Å²) >= 11 is 0. The molecule has 1 unspecified atom stereocenters. The Hall–Kier alpha value is -1.88. The Morgan fingerprint density at radius 1 is 1.17 bits per heavy atom. The predicted molar refractivity (Wildman–Crippen MR) is 94.0 cm³/mol. The van der Waals surface area contributed by atoms with Crippen molar-refractivity contribution >= 4 is 23.2 Å². The third-order valence-corrected chi connectivity index (χ3v) is 5.18. The summed E-state index contributed by atoms with van der Waals surface area (Å²) in [7, 11) is 0. The minimum Gasteiger partial charge on any atom is -0.365 e. The van der Waals surface area contributed by atoms with E-state index in [-0.39, 0.29) is 17.7 Å². The zero-order chi connectivity index (χ0) is 17.2. The van der Waals surface area contributed by atoms with E-state index in [0.717, 1.165) is 55.5 Å². The quantitative estimate of drug-likeness (QED) is 0.886. The molecule has 130 valence electrons. The monoisotopic (exact) mass is 330 g/mol. The minimum atomic E-state index is -0.754. The molecule has 0 bridgehead atoms. The molecule has 5 heteroatoms. The molecule has 1 heterocycles. The molecule has 5 nitrogen and oxygen atoms in total. The molecule has 0 aromatic heterocycles. The Morgan fingerprint density at radius 3 is 2.58 bits per heavy atom. The van der Waals surface area contributed by atoms with Gasteiger partial charge in [0.25, 0.3) is 5.91 Å². The summed E-state index contributed by atoms with van der Waals surface area (Å²) in [5, 5.41) is 5.94. The normalized spacial score (nSPS) is 24.1. The first-order chi connectivity index (χ1) is 11.5. The lowest BCUT2D eigenvalue weighted by Crippen LogP contribution is -2.39. The lowest BCUT2D eigenvalue weighted by molar-refractivity contribution is -0.133. The molecule has 0 radical (unpaired) electrons. The topological polar surface area (TPSA) is 67.4 Å². The van der Waals surface area contributed by atoms with Gasteiger partial charge in [0, 0.05) is 23.9 Å². The van der Waals surface area contributed by atoms with Crippen LogP contribution in [0.1, 0.15) is 51.0 Å². The zero-order valence-corrected chi connectivity index (χ0v) is 14.5. The number of hydrogen-bond donors (Lipinski definition) is 2. The van der Waals surface area contributed by atoms with Gasteiger partial charge >= 0.3 is 0 Å². The number of ether oxygens (including phenoxy) is 1. The van der Waals surface area contributed by atoms with Crippen LogP contribution in [0.4, 0.5) is 11.4 Å². The number of amides is 2. The number of nitrogens with one attached hydrogen (secondary N) is 2. The first kappa shape index (κ1) is 17.0. The summed E-state index contributed by atoms with van der Waals surface area (Å²) in [4.78, 5) is 24.8. The Kier molecular flexibility index (Phi) is 4.90. The number of carbonyl (C=O) groups excluding carboxylic acids is 2. The summed E-state index contributed by atoms with van der Waals surface area (Å²) in [5.41, 5.74) is 1.66. The van der Waals surface area contributed by atoms with Gasteiger partial charge in [-0.25, -0.2) is 0 Å². The predicted octanol–water partition coefficient (Wildman–Crippen LogP) is 3.63. The molecule has 0 spiro atoms. The van der Waals surface area contributed by atoms with Gasteiger partial charge in [-0.2, -0.15) is 0 Å². The van der Waals surface area contributed by atoms with Crippen molar-refractivity contribution < 1.29 is 14.3 Å². The summed E-state index contributed by atoms with van der Waals surface area (Å²) < 4.78 is 5.59. The highest BCUT2D eigenvalue weighted by Crippen LogP contribution is 2.29. The molecular weight excluding hydrogens is 304 g/mol. The highest BCUT2D eigenvalue weighted by molar-refractivity contribution is 5.99. The maximum atomic E-state index is 12.5. The van der Waals surface area contributed by atoms with E-state index < -0.39 is 5.60 Å². The van der Waals surface area contributed by atoms with Crippen LogP contribution in [-0.4, -0.2) is 24.0 Å². The van der Waals surface area contributed by atoms with Crippen LogP contribution < -0.4 is 10.6 Å².